The van der Waals surface area contributed by atoms with Gasteiger partial charge >= 0.3 is 5.97 Å². The Hall–Kier alpha value is -6.49. The minimum Gasteiger partial charge on any atom is -0.496 e. The van der Waals surface area contributed by atoms with Crippen molar-refractivity contribution in [3.8, 4) is 34.6 Å². The largest absolute Gasteiger partial charge is 0.496 e. The van der Waals surface area contributed by atoms with Crippen molar-refractivity contribution in [3.05, 3.63) is 123 Å². The topological polar surface area (TPSA) is 162 Å². The molecular weight excluding hydrogens is 761 g/mol. The lowest BCUT2D eigenvalue weighted by atomic mass is 9.90. The molecule has 1 aliphatic carbocycles. The van der Waals surface area contributed by atoms with Crippen LogP contribution in [-0.4, -0.2) is 67.5 Å². The summed E-state index contributed by atoms with van der Waals surface area (Å²) in [6.07, 6.45) is 4.90. The van der Waals surface area contributed by atoms with Crippen molar-refractivity contribution in [2.75, 3.05) is 38.5 Å². The van der Waals surface area contributed by atoms with Crippen molar-refractivity contribution in [3.63, 3.8) is 0 Å². The van der Waals surface area contributed by atoms with Gasteiger partial charge in [-0.3, -0.25) is 9.79 Å². The average Bonchev–Trinajstić information content (AvgIpc) is 3.39. The number of benzene rings is 4. The first kappa shape index (κ1) is 39.7. The van der Waals surface area contributed by atoms with Gasteiger partial charge in [-0.15, -0.1) is 0 Å². The third-order valence-corrected chi connectivity index (χ3v) is 10.3. The van der Waals surface area contributed by atoms with E-state index < -0.39 is 11.8 Å². The Kier molecular flexibility index (Phi) is 12.2. The Morgan fingerprint density at radius 2 is 1.66 bits per heavy atom. The molecule has 14 heteroatoms. The molecule has 2 aliphatic rings. The molecule has 58 heavy (non-hydrogen) atoms. The van der Waals surface area contributed by atoms with E-state index in [9.17, 15) is 9.59 Å². The Balaban J connectivity index is 1.02. The lowest BCUT2D eigenvalue weighted by Crippen LogP contribution is -2.40. The Labute approximate surface area is 340 Å². The molecule has 0 spiro atoms. The van der Waals surface area contributed by atoms with Crippen molar-refractivity contribution < 1.29 is 28.2 Å². The molecule has 12 nitrogen and oxygen atoms in total. The summed E-state index contributed by atoms with van der Waals surface area (Å²) < 4.78 is 31.4. The number of aliphatic imine (C=N–C) groups is 1. The predicted octanol–water partition coefficient (Wildman–Crippen LogP) is 7.30. The maximum absolute atomic E-state index is 15.3. The highest BCUT2D eigenvalue weighted by Gasteiger charge is 2.27. The smallest absolute Gasteiger partial charge is 0.339 e. The van der Waals surface area contributed by atoms with Crippen molar-refractivity contribution in [1.82, 2.24) is 15.3 Å². The van der Waals surface area contributed by atoms with Gasteiger partial charge in [-0.2, -0.15) is 0 Å². The second kappa shape index (κ2) is 17.8. The molecule has 1 aliphatic heterocycles. The van der Waals surface area contributed by atoms with Crippen molar-refractivity contribution in [2.24, 2.45) is 10.7 Å². The van der Waals surface area contributed by atoms with Crippen LogP contribution in [0.15, 0.2) is 84.0 Å². The van der Waals surface area contributed by atoms with Crippen molar-refractivity contribution in [1.29, 1.82) is 0 Å². The minimum atomic E-state index is -0.471. The number of fused-ring (bicyclic) bond motifs is 3. The number of amides is 1. The molecule has 1 fully saturated rings. The molecule has 296 valence electrons. The van der Waals surface area contributed by atoms with Gasteiger partial charge in [0.2, 0.25) is 5.95 Å². The van der Waals surface area contributed by atoms with E-state index in [1.165, 1.54) is 27.4 Å². The quantitative estimate of drug-likeness (QED) is 0.0833. The second-order valence-corrected chi connectivity index (χ2v) is 14.1. The standard InChI is InChI=1S/C44H41ClFN7O5/c1-56-37-8-4-7-36(46)39(37)41-35-21-27(45)9-16-33(35)40-26(23-48-41)24-49-44(53-40)52-31-15-18-34(38(22-31)57-2)42(54)51-29-12-10-28(11-13-29)50-30-14-17-32(43(55)58-3)25(20-30)6-5-19-47/h4,7-9,14-18,20-22,24,28-29,50H,10-13,19,23,47H2,1-3H3,(H,51,54)(H,49,52,53). The minimum absolute atomic E-state index is 0.0181. The van der Waals surface area contributed by atoms with Gasteiger partial charge in [0, 0.05) is 63.0 Å². The Morgan fingerprint density at radius 1 is 0.897 bits per heavy atom. The Morgan fingerprint density at radius 3 is 2.41 bits per heavy atom. The average molecular weight is 802 g/mol. The number of hydrogen-bond donors (Lipinski definition) is 4. The third-order valence-electron chi connectivity index (χ3n) is 10.1. The molecule has 0 unspecified atom stereocenters. The summed E-state index contributed by atoms with van der Waals surface area (Å²) in [7, 11) is 4.34. The van der Waals surface area contributed by atoms with Crippen LogP contribution in [0.3, 0.4) is 0 Å². The first-order valence-electron chi connectivity index (χ1n) is 18.7. The van der Waals surface area contributed by atoms with Crippen LogP contribution >= 0.6 is 11.6 Å². The molecule has 1 aromatic heterocycles. The second-order valence-electron chi connectivity index (χ2n) is 13.7. The van der Waals surface area contributed by atoms with Crippen LogP contribution in [0.1, 0.15) is 68.7 Å². The first-order valence-corrected chi connectivity index (χ1v) is 19.0. The molecule has 1 saturated carbocycles. The summed E-state index contributed by atoms with van der Waals surface area (Å²) >= 11 is 6.46. The lowest BCUT2D eigenvalue weighted by Gasteiger charge is -2.30. The first-order chi connectivity index (χ1) is 28.2. The van der Waals surface area contributed by atoms with Crippen LogP contribution < -0.4 is 31.2 Å². The van der Waals surface area contributed by atoms with Crippen molar-refractivity contribution >= 4 is 46.5 Å². The number of aromatic nitrogens is 2. The molecule has 0 atom stereocenters. The molecule has 5 N–H and O–H groups in total. The number of carbonyl (C=O) groups is 2. The summed E-state index contributed by atoms with van der Waals surface area (Å²) in [6, 6.07) is 20.7. The molecule has 0 saturated heterocycles. The van der Waals surface area contributed by atoms with E-state index in [2.05, 4.69) is 32.8 Å². The Bertz CT molecular complexity index is 2480. The van der Waals surface area contributed by atoms with Crippen LogP contribution in [0.25, 0.3) is 11.3 Å². The van der Waals surface area contributed by atoms with Crippen molar-refractivity contribution in [2.45, 2.75) is 44.3 Å². The van der Waals surface area contributed by atoms with E-state index >= 15 is 4.39 Å². The normalized spacial score (nSPS) is 15.6. The molecule has 0 radical (unpaired) electrons. The highest BCUT2D eigenvalue weighted by Crippen LogP contribution is 2.37. The zero-order valence-electron chi connectivity index (χ0n) is 32.1. The number of rotatable bonds is 10. The van der Waals surface area contributed by atoms with Gasteiger partial charge in [0.25, 0.3) is 5.91 Å². The highest BCUT2D eigenvalue weighted by molar-refractivity contribution is 6.31. The number of esters is 1. The summed E-state index contributed by atoms with van der Waals surface area (Å²) in [5.74, 6) is 5.63. The monoisotopic (exact) mass is 801 g/mol. The fraction of sp³-hybridized carbons (Fsp3) is 0.250. The van der Waals surface area contributed by atoms with Gasteiger partial charge in [0.1, 0.15) is 17.3 Å². The number of hydrogen-bond acceptors (Lipinski definition) is 11. The van der Waals surface area contributed by atoms with Crippen LogP contribution in [0.5, 0.6) is 11.5 Å². The maximum atomic E-state index is 15.3. The lowest BCUT2D eigenvalue weighted by molar-refractivity contribution is 0.0600. The number of ether oxygens (including phenoxy) is 3. The van der Waals surface area contributed by atoms with E-state index in [1.54, 1.807) is 54.7 Å². The zero-order chi connectivity index (χ0) is 40.8. The van der Waals surface area contributed by atoms with Crippen LogP contribution in [0.4, 0.5) is 21.7 Å². The molecule has 2 heterocycles. The number of methoxy groups -OCH3 is 3. The fourth-order valence-corrected chi connectivity index (χ4v) is 7.41. The zero-order valence-corrected chi connectivity index (χ0v) is 32.9. The molecular formula is C44H41ClFN7O5. The third kappa shape index (κ3) is 8.58. The van der Waals surface area contributed by atoms with Gasteiger partial charge in [0.15, 0.2) is 0 Å². The van der Waals surface area contributed by atoms with Gasteiger partial charge in [-0.05, 0) is 80.3 Å². The molecule has 0 bridgehead atoms. The van der Waals surface area contributed by atoms with E-state index in [-0.39, 0.29) is 36.6 Å². The summed E-state index contributed by atoms with van der Waals surface area (Å²) in [5, 5.41) is 10.4. The van der Waals surface area contributed by atoms with Gasteiger partial charge in [-0.1, -0.05) is 35.6 Å². The fourth-order valence-electron chi connectivity index (χ4n) is 7.24. The summed E-state index contributed by atoms with van der Waals surface area (Å²) in [4.78, 5) is 40.0. The van der Waals surface area contributed by atoms with Gasteiger partial charge in [-0.25, -0.2) is 19.2 Å². The number of carbonyl (C=O) groups excluding carboxylic acids is 2. The number of anilines is 3. The SMILES string of the molecule is COC(=O)c1ccc(NC2CCC(NC(=O)c3ccc(Nc4ncc5c(n4)-c4ccc(Cl)cc4C(c4c(F)cccc4OC)=NC5)cc3OC)CC2)cc1C#CCN. The highest BCUT2D eigenvalue weighted by atomic mass is 35.5. The van der Waals surface area contributed by atoms with Crippen LogP contribution in [0, 0.1) is 17.7 Å². The summed E-state index contributed by atoms with van der Waals surface area (Å²) in [5.41, 5.74) is 11.6. The van der Waals surface area contributed by atoms with Gasteiger partial charge in [0.05, 0.1) is 62.5 Å². The molecule has 4 aromatic carbocycles. The van der Waals surface area contributed by atoms with Crippen LogP contribution in [-0.2, 0) is 11.3 Å². The number of nitrogens with zero attached hydrogens (tertiary/aromatic N) is 3. The summed E-state index contributed by atoms with van der Waals surface area (Å²) in [6.45, 7) is 0.371. The van der Waals surface area contributed by atoms with E-state index in [0.717, 1.165) is 36.9 Å². The van der Waals surface area contributed by atoms with E-state index in [4.69, 9.17) is 41.5 Å². The number of nitrogens with one attached hydrogen (secondary N) is 3. The van der Waals surface area contributed by atoms with E-state index in [1.807, 2.05) is 18.2 Å². The number of nitrogens with two attached hydrogens (primary N) is 1. The number of halogens is 2. The van der Waals surface area contributed by atoms with Gasteiger partial charge < -0.3 is 35.9 Å². The molecule has 5 aromatic rings. The molecule has 7 rings (SSSR count). The van der Waals surface area contributed by atoms with E-state index in [0.29, 0.717) is 67.4 Å². The van der Waals surface area contributed by atoms with Crippen LogP contribution in [0.2, 0.25) is 5.02 Å². The molecule has 1 amide bonds. The maximum Gasteiger partial charge on any atom is 0.339 e. The predicted molar refractivity (Wildman–Crippen MR) is 222 cm³/mol.